The molecule has 1 aliphatic heterocycles. The molecule has 2 heterocycles. The van der Waals surface area contributed by atoms with E-state index in [9.17, 15) is 12.8 Å². The summed E-state index contributed by atoms with van der Waals surface area (Å²) >= 11 is 0. The molecular weight excluding hydrogens is 371 g/mol. The number of rotatable bonds is 6. The van der Waals surface area contributed by atoms with Gasteiger partial charge in [-0.3, -0.25) is 9.45 Å². The first-order valence-electron chi connectivity index (χ1n) is 8.82. The Morgan fingerprint density at radius 1 is 1.26 bits per heavy atom. The van der Waals surface area contributed by atoms with Crippen LogP contribution in [0.5, 0.6) is 5.75 Å². The topological polar surface area (TPSA) is 79.7 Å². The lowest BCUT2D eigenvalue weighted by atomic mass is 10.0. The molecule has 0 bridgehead atoms. The smallest absolute Gasteiger partial charge is 0.294 e. The molecule has 1 atom stereocenters. The fraction of sp³-hybridized carbons (Fsp3) is 0.421. The molecule has 1 N–H and O–H groups in total. The van der Waals surface area contributed by atoms with E-state index in [-0.39, 0.29) is 4.90 Å². The predicted molar refractivity (Wildman–Crippen MR) is 101 cm³/mol. The fourth-order valence-corrected chi connectivity index (χ4v) is 3.09. The van der Waals surface area contributed by atoms with Crippen molar-refractivity contribution >= 4 is 10.1 Å². The zero-order valence-corrected chi connectivity index (χ0v) is 16.3. The summed E-state index contributed by atoms with van der Waals surface area (Å²) in [5.41, 5.74) is 0.956. The number of pyridine rings is 1. The Bertz CT molecular complexity index is 811. The van der Waals surface area contributed by atoms with E-state index < -0.39 is 16.1 Å². The summed E-state index contributed by atoms with van der Waals surface area (Å²) in [5.74, 6) is 0.174. The van der Waals surface area contributed by atoms with Crippen LogP contribution >= 0.6 is 0 Å². The van der Waals surface area contributed by atoms with Gasteiger partial charge in [0, 0.05) is 12.6 Å². The summed E-state index contributed by atoms with van der Waals surface area (Å²) in [7, 11) is -4.02. The van der Waals surface area contributed by atoms with Gasteiger partial charge in [-0.1, -0.05) is 24.6 Å². The Morgan fingerprint density at radius 2 is 1.96 bits per heavy atom. The van der Waals surface area contributed by atoms with Gasteiger partial charge in [-0.2, -0.15) is 12.8 Å². The number of nitrogens with zero attached hydrogens (tertiary/aromatic N) is 2. The summed E-state index contributed by atoms with van der Waals surface area (Å²) in [6, 6.07) is 9.44. The third kappa shape index (κ3) is 6.89. The molecule has 27 heavy (non-hydrogen) atoms. The van der Waals surface area contributed by atoms with Crippen molar-refractivity contribution in [2.24, 2.45) is 0 Å². The fourth-order valence-electron chi connectivity index (χ4n) is 2.61. The predicted octanol–water partition coefficient (Wildman–Crippen LogP) is 3.33. The molecule has 1 aromatic heterocycles. The summed E-state index contributed by atoms with van der Waals surface area (Å²) in [5, 5.41) is 0. The highest BCUT2D eigenvalue weighted by Crippen LogP contribution is 2.19. The number of ether oxygens (including phenoxy) is 1. The van der Waals surface area contributed by atoms with Gasteiger partial charge in [0.2, 0.25) is 5.95 Å². The van der Waals surface area contributed by atoms with Gasteiger partial charge in [0.1, 0.15) is 12.4 Å². The molecule has 3 rings (SSSR count). The summed E-state index contributed by atoms with van der Waals surface area (Å²) in [4.78, 5) is 5.90. The maximum Gasteiger partial charge on any atom is 0.294 e. The second kappa shape index (κ2) is 9.77. The number of benzene rings is 1. The Labute approximate surface area is 159 Å². The SMILES string of the molecule is CCCN1CC[C@H]1COc1ccc(F)nc1.Cc1ccc(S(=O)(=O)O)cc1. The minimum Gasteiger partial charge on any atom is -0.490 e. The van der Waals surface area contributed by atoms with Crippen LogP contribution in [0.25, 0.3) is 0 Å². The lowest BCUT2D eigenvalue weighted by Crippen LogP contribution is -2.50. The number of hydrogen-bond acceptors (Lipinski definition) is 5. The molecule has 1 fully saturated rings. The second-order valence-electron chi connectivity index (χ2n) is 6.39. The Balaban J connectivity index is 0.000000208. The molecule has 6 nitrogen and oxygen atoms in total. The normalized spacial score (nSPS) is 16.8. The van der Waals surface area contributed by atoms with E-state index in [0.29, 0.717) is 18.4 Å². The molecule has 0 saturated carbocycles. The number of aryl methyl sites for hydroxylation is 1. The van der Waals surface area contributed by atoms with Crippen LogP contribution in [-0.2, 0) is 10.1 Å². The molecule has 2 aromatic rings. The second-order valence-corrected chi connectivity index (χ2v) is 7.82. The van der Waals surface area contributed by atoms with E-state index in [0.717, 1.165) is 12.1 Å². The van der Waals surface area contributed by atoms with Crippen molar-refractivity contribution in [1.82, 2.24) is 9.88 Å². The van der Waals surface area contributed by atoms with Gasteiger partial charge in [0.25, 0.3) is 10.1 Å². The average molecular weight is 396 g/mol. The molecule has 1 saturated heterocycles. The van der Waals surface area contributed by atoms with Crippen molar-refractivity contribution < 1.29 is 22.1 Å². The van der Waals surface area contributed by atoms with E-state index in [2.05, 4.69) is 16.8 Å². The molecule has 8 heteroatoms. The third-order valence-electron chi connectivity index (χ3n) is 4.24. The van der Waals surface area contributed by atoms with E-state index in [1.807, 2.05) is 6.92 Å². The van der Waals surface area contributed by atoms with Crippen LogP contribution in [0.4, 0.5) is 4.39 Å². The largest absolute Gasteiger partial charge is 0.490 e. The van der Waals surface area contributed by atoms with Gasteiger partial charge >= 0.3 is 0 Å². The van der Waals surface area contributed by atoms with Gasteiger partial charge in [-0.15, -0.1) is 0 Å². The molecule has 148 valence electrons. The lowest BCUT2D eigenvalue weighted by Gasteiger charge is -2.40. The van der Waals surface area contributed by atoms with Crippen molar-refractivity contribution in [3.8, 4) is 5.75 Å². The molecule has 0 aliphatic carbocycles. The van der Waals surface area contributed by atoms with Gasteiger partial charge in [-0.05, 0) is 50.6 Å². The first-order valence-corrected chi connectivity index (χ1v) is 10.3. The molecule has 1 aliphatic rings. The van der Waals surface area contributed by atoms with Crippen molar-refractivity contribution in [3.05, 3.63) is 54.1 Å². The first kappa shape index (κ1) is 21.3. The highest BCUT2D eigenvalue weighted by atomic mass is 32.2. The van der Waals surface area contributed by atoms with Crippen LogP contribution in [0.15, 0.2) is 47.5 Å². The highest BCUT2D eigenvalue weighted by Gasteiger charge is 2.27. The monoisotopic (exact) mass is 396 g/mol. The Morgan fingerprint density at radius 3 is 2.44 bits per heavy atom. The molecule has 0 radical (unpaired) electrons. The maximum absolute atomic E-state index is 12.6. The van der Waals surface area contributed by atoms with E-state index in [1.54, 1.807) is 18.2 Å². The molecule has 1 aromatic carbocycles. The van der Waals surface area contributed by atoms with Crippen molar-refractivity contribution in [2.45, 2.75) is 37.6 Å². The average Bonchev–Trinajstić information content (AvgIpc) is 2.61. The van der Waals surface area contributed by atoms with Gasteiger partial charge in [0.05, 0.1) is 11.1 Å². The summed E-state index contributed by atoms with van der Waals surface area (Å²) < 4.78 is 47.7. The van der Waals surface area contributed by atoms with E-state index in [4.69, 9.17) is 9.29 Å². The van der Waals surface area contributed by atoms with Gasteiger partial charge < -0.3 is 4.74 Å². The van der Waals surface area contributed by atoms with Crippen LogP contribution in [0.2, 0.25) is 0 Å². The third-order valence-corrected chi connectivity index (χ3v) is 5.11. The number of hydrogen-bond donors (Lipinski definition) is 1. The molecule has 0 spiro atoms. The Kier molecular flexibility index (Phi) is 7.70. The van der Waals surface area contributed by atoms with Crippen molar-refractivity contribution in [2.75, 3.05) is 19.7 Å². The Hall–Kier alpha value is -2.03. The number of halogens is 1. The van der Waals surface area contributed by atoms with Crippen LogP contribution in [0, 0.1) is 12.9 Å². The number of likely N-dealkylation sites (tertiary alicyclic amines) is 1. The highest BCUT2D eigenvalue weighted by molar-refractivity contribution is 7.85. The standard InChI is InChI=1S/C12H17FN2O.C7H8O3S/c1-2-6-15-7-5-10(15)9-16-11-3-4-12(13)14-8-11;1-6-2-4-7(5-3-6)11(8,9)10/h3-4,8,10H,2,5-7,9H2,1H3;2-5H,1H3,(H,8,9,10)/t10-;/m0./s1. The summed E-state index contributed by atoms with van der Waals surface area (Å²) in [6.45, 7) is 7.00. The molecule has 0 amide bonds. The zero-order chi connectivity index (χ0) is 19.9. The lowest BCUT2D eigenvalue weighted by molar-refractivity contribution is 0.0508. The van der Waals surface area contributed by atoms with Crippen molar-refractivity contribution in [1.29, 1.82) is 0 Å². The maximum atomic E-state index is 12.6. The number of aromatic nitrogens is 1. The van der Waals surface area contributed by atoms with Crippen LogP contribution in [0.1, 0.15) is 25.3 Å². The van der Waals surface area contributed by atoms with Crippen molar-refractivity contribution in [3.63, 3.8) is 0 Å². The minimum atomic E-state index is -4.02. The molecule has 0 unspecified atom stereocenters. The molecular formula is C19H25FN2O4S. The van der Waals surface area contributed by atoms with Gasteiger partial charge in [0.15, 0.2) is 0 Å². The van der Waals surface area contributed by atoms with Gasteiger partial charge in [-0.25, -0.2) is 4.98 Å². The quantitative estimate of drug-likeness (QED) is 0.596. The van der Waals surface area contributed by atoms with Crippen LogP contribution < -0.4 is 4.74 Å². The van der Waals surface area contributed by atoms with Crippen LogP contribution in [0.3, 0.4) is 0 Å². The zero-order valence-electron chi connectivity index (χ0n) is 15.5. The minimum absolute atomic E-state index is 0.0666. The van der Waals surface area contributed by atoms with E-state index >= 15 is 0 Å². The van der Waals surface area contributed by atoms with Crippen LogP contribution in [-0.4, -0.2) is 48.6 Å². The first-order chi connectivity index (χ1) is 12.8. The summed E-state index contributed by atoms with van der Waals surface area (Å²) in [6.07, 6.45) is 3.79. The van der Waals surface area contributed by atoms with E-state index in [1.165, 1.54) is 43.8 Å².